The highest BCUT2D eigenvalue weighted by atomic mass is 16.2. The van der Waals surface area contributed by atoms with Crippen LogP contribution in [0.2, 0.25) is 0 Å². The summed E-state index contributed by atoms with van der Waals surface area (Å²) in [6, 6.07) is 0. The van der Waals surface area contributed by atoms with Gasteiger partial charge in [0.2, 0.25) is 5.91 Å². The molecule has 2 heterocycles. The Kier molecular flexibility index (Phi) is 1.40. The Hall–Kier alpha value is -0.610. The van der Waals surface area contributed by atoms with Gasteiger partial charge in [0.25, 0.3) is 0 Å². The van der Waals surface area contributed by atoms with E-state index in [1.165, 1.54) is 0 Å². The highest BCUT2D eigenvalue weighted by Crippen LogP contribution is 2.22. The Morgan fingerprint density at radius 2 is 2.45 bits per heavy atom. The molecule has 0 aromatic carbocycles. The van der Waals surface area contributed by atoms with Crippen LogP contribution in [0.3, 0.4) is 0 Å². The van der Waals surface area contributed by atoms with Crippen molar-refractivity contribution in [2.45, 2.75) is 12.0 Å². The van der Waals surface area contributed by atoms with E-state index in [1.54, 1.807) is 0 Å². The van der Waals surface area contributed by atoms with E-state index in [1.807, 2.05) is 7.05 Å². The number of amides is 1. The number of nitrogens with one attached hydrogen (secondary N) is 2. The number of likely N-dealkylation sites (tertiary alicyclic amines) is 1. The average Bonchev–Trinajstić information content (AvgIpc) is 2.46. The monoisotopic (exact) mass is 155 g/mol. The van der Waals surface area contributed by atoms with E-state index in [0.29, 0.717) is 6.67 Å². The van der Waals surface area contributed by atoms with Gasteiger partial charge in [0.15, 0.2) is 0 Å². The zero-order chi connectivity index (χ0) is 7.90. The third-order valence-corrected chi connectivity index (χ3v) is 2.57. The first-order chi connectivity index (χ1) is 5.23. The fourth-order valence-corrected chi connectivity index (χ4v) is 1.87. The molecule has 4 nitrogen and oxygen atoms in total. The maximum atomic E-state index is 11.3. The molecule has 2 aliphatic rings. The quantitative estimate of drug-likeness (QED) is 0.459. The molecule has 2 fully saturated rings. The smallest absolute Gasteiger partial charge is 0.242 e. The molecule has 1 spiro atoms. The molecule has 0 aromatic heterocycles. The van der Waals surface area contributed by atoms with Crippen LogP contribution in [0, 0.1) is 0 Å². The van der Waals surface area contributed by atoms with Crippen molar-refractivity contribution in [3.05, 3.63) is 0 Å². The van der Waals surface area contributed by atoms with Crippen LogP contribution in [0.4, 0.5) is 0 Å². The third-order valence-electron chi connectivity index (χ3n) is 2.57. The third kappa shape index (κ3) is 0.937. The van der Waals surface area contributed by atoms with Gasteiger partial charge in [-0.2, -0.15) is 0 Å². The number of carbonyl (C=O) groups is 1. The van der Waals surface area contributed by atoms with Crippen molar-refractivity contribution in [3.63, 3.8) is 0 Å². The SMILES string of the molecule is CN1CCC2(C1)NCNC2=O. The van der Waals surface area contributed by atoms with Crippen molar-refractivity contribution in [1.82, 2.24) is 15.5 Å². The molecule has 2 rings (SSSR count). The number of rotatable bonds is 0. The number of hydrogen-bond donors (Lipinski definition) is 2. The van der Waals surface area contributed by atoms with Crippen LogP contribution in [0.15, 0.2) is 0 Å². The Morgan fingerprint density at radius 3 is 2.91 bits per heavy atom. The van der Waals surface area contributed by atoms with E-state index >= 15 is 0 Å². The van der Waals surface area contributed by atoms with Crippen LogP contribution in [-0.2, 0) is 4.79 Å². The van der Waals surface area contributed by atoms with Crippen LogP contribution in [0.25, 0.3) is 0 Å². The molecule has 0 saturated carbocycles. The lowest BCUT2D eigenvalue weighted by Gasteiger charge is -2.19. The number of carbonyl (C=O) groups excluding carboxylic acids is 1. The summed E-state index contributed by atoms with van der Waals surface area (Å²) in [5.41, 5.74) is -0.255. The van der Waals surface area contributed by atoms with Crippen molar-refractivity contribution in [2.24, 2.45) is 0 Å². The first-order valence-electron chi connectivity index (χ1n) is 3.95. The molecule has 1 unspecified atom stereocenters. The Labute approximate surface area is 65.9 Å². The summed E-state index contributed by atoms with van der Waals surface area (Å²) in [6.45, 7) is 2.49. The lowest BCUT2D eigenvalue weighted by atomic mass is 10.00. The largest absolute Gasteiger partial charge is 0.342 e. The van der Waals surface area contributed by atoms with E-state index in [9.17, 15) is 4.79 Å². The molecule has 2 saturated heterocycles. The Balaban J connectivity index is 2.16. The van der Waals surface area contributed by atoms with Crippen LogP contribution in [0.1, 0.15) is 6.42 Å². The number of nitrogens with zero attached hydrogens (tertiary/aromatic N) is 1. The molecule has 0 aromatic rings. The lowest BCUT2D eigenvalue weighted by molar-refractivity contribution is -0.123. The topological polar surface area (TPSA) is 44.4 Å². The molecule has 2 aliphatic heterocycles. The van der Waals surface area contributed by atoms with E-state index in [2.05, 4.69) is 15.5 Å². The first-order valence-corrected chi connectivity index (χ1v) is 3.95. The molecule has 0 aliphatic carbocycles. The summed E-state index contributed by atoms with van der Waals surface area (Å²) < 4.78 is 0. The summed E-state index contributed by atoms with van der Waals surface area (Å²) in [6.07, 6.45) is 0.940. The second kappa shape index (κ2) is 2.19. The summed E-state index contributed by atoms with van der Waals surface area (Å²) >= 11 is 0. The van der Waals surface area contributed by atoms with Crippen LogP contribution < -0.4 is 10.6 Å². The summed E-state index contributed by atoms with van der Waals surface area (Å²) in [5, 5.41) is 6.01. The second-order valence-corrected chi connectivity index (χ2v) is 3.43. The molecule has 2 N–H and O–H groups in total. The van der Waals surface area contributed by atoms with Crippen molar-refractivity contribution in [1.29, 1.82) is 0 Å². The average molecular weight is 155 g/mol. The van der Waals surface area contributed by atoms with E-state index in [-0.39, 0.29) is 11.4 Å². The van der Waals surface area contributed by atoms with Gasteiger partial charge in [-0.15, -0.1) is 0 Å². The van der Waals surface area contributed by atoms with Crippen molar-refractivity contribution < 1.29 is 4.79 Å². The highest BCUT2D eigenvalue weighted by Gasteiger charge is 2.46. The summed E-state index contributed by atoms with van der Waals surface area (Å²) in [5.74, 6) is 0.168. The normalized spacial score (nSPS) is 38.5. The second-order valence-electron chi connectivity index (χ2n) is 3.43. The van der Waals surface area contributed by atoms with Gasteiger partial charge < -0.3 is 10.2 Å². The highest BCUT2D eigenvalue weighted by molar-refractivity contribution is 5.88. The Bertz CT molecular complexity index is 194. The van der Waals surface area contributed by atoms with Gasteiger partial charge >= 0.3 is 0 Å². The van der Waals surface area contributed by atoms with Gasteiger partial charge in [0, 0.05) is 13.1 Å². The fourth-order valence-electron chi connectivity index (χ4n) is 1.87. The maximum absolute atomic E-state index is 11.3. The zero-order valence-electron chi connectivity index (χ0n) is 6.68. The fraction of sp³-hybridized carbons (Fsp3) is 0.857. The molecule has 62 valence electrons. The summed E-state index contributed by atoms with van der Waals surface area (Å²) in [4.78, 5) is 13.5. The number of hydrogen-bond acceptors (Lipinski definition) is 3. The molecule has 0 radical (unpaired) electrons. The minimum Gasteiger partial charge on any atom is -0.342 e. The van der Waals surface area contributed by atoms with E-state index < -0.39 is 0 Å². The van der Waals surface area contributed by atoms with E-state index in [0.717, 1.165) is 19.5 Å². The van der Waals surface area contributed by atoms with Gasteiger partial charge in [0.05, 0.1) is 6.67 Å². The predicted octanol–water partition coefficient (Wildman–Crippen LogP) is -1.26. The first kappa shape index (κ1) is 7.06. The standard InChI is InChI=1S/C7H13N3O/c1-10-3-2-7(4-10)6(11)8-5-9-7/h9H,2-5H2,1H3,(H,8,11). The van der Waals surface area contributed by atoms with Crippen molar-refractivity contribution in [3.8, 4) is 0 Å². The van der Waals surface area contributed by atoms with Gasteiger partial charge in [-0.3, -0.25) is 10.1 Å². The lowest BCUT2D eigenvalue weighted by Crippen LogP contribution is -2.48. The molecule has 1 atom stereocenters. The Morgan fingerprint density at radius 1 is 1.64 bits per heavy atom. The molecule has 0 bridgehead atoms. The molecule has 11 heavy (non-hydrogen) atoms. The molecular formula is C7H13N3O. The maximum Gasteiger partial charge on any atom is 0.242 e. The zero-order valence-corrected chi connectivity index (χ0v) is 6.68. The molecule has 1 amide bonds. The minimum absolute atomic E-state index is 0.168. The molecular weight excluding hydrogens is 142 g/mol. The molecule has 4 heteroatoms. The van der Waals surface area contributed by atoms with Crippen molar-refractivity contribution >= 4 is 5.91 Å². The van der Waals surface area contributed by atoms with Crippen LogP contribution in [-0.4, -0.2) is 43.2 Å². The minimum atomic E-state index is -0.255. The predicted molar refractivity (Wildman–Crippen MR) is 41.0 cm³/mol. The van der Waals surface area contributed by atoms with Gasteiger partial charge in [0.1, 0.15) is 5.54 Å². The summed E-state index contributed by atoms with van der Waals surface area (Å²) in [7, 11) is 2.04. The van der Waals surface area contributed by atoms with Crippen LogP contribution >= 0.6 is 0 Å². The van der Waals surface area contributed by atoms with Crippen molar-refractivity contribution in [2.75, 3.05) is 26.8 Å². The van der Waals surface area contributed by atoms with Crippen LogP contribution in [0.5, 0.6) is 0 Å². The van der Waals surface area contributed by atoms with Gasteiger partial charge in [-0.05, 0) is 13.5 Å². The van der Waals surface area contributed by atoms with E-state index in [4.69, 9.17) is 0 Å². The number of likely N-dealkylation sites (N-methyl/N-ethyl adjacent to an activating group) is 1. The van der Waals surface area contributed by atoms with Gasteiger partial charge in [-0.25, -0.2) is 0 Å². The van der Waals surface area contributed by atoms with Gasteiger partial charge in [-0.1, -0.05) is 0 Å².